The molecule has 0 radical (unpaired) electrons. The number of imidazole rings is 1. The Morgan fingerprint density at radius 2 is 2.10 bits per heavy atom. The van der Waals surface area contributed by atoms with Crippen LogP contribution in [0.1, 0.15) is 34.1 Å². The molecule has 0 unspecified atom stereocenters. The highest BCUT2D eigenvalue weighted by molar-refractivity contribution is 5.93. The van der Waals surface area contributed by atoms with Crippen LogP contribution < -0.4 is 15.8 Å². The average Bonchev–Trinajstić information content (AvgIpc) is 3.41. The number of fused-ring (bicyclic) bond motifs is 2. The van der Waals surface area contributed by atoms with Gasteiger partial charge in [-0.2, -0.15) is 0 Å². The van der Waals surface area contributed by atoms with E-state index in [2.05, 4.69) is 28.1 Å². The van der Waals surface area contributed by atoms with Crippen molar-refractivity contribution in [3.8, 4) is 0 Å². The van der Waals surface area contributed by atoms with E-state index >= 15 is 0 Å². The van der Waals surface area contributed by atoms with Gasteiger partial charge in [-0.3, -0.25) is 19.7 Å². The molecule has 1 aromatic carbocycles. The van der Waals surface area contributed by atoms with Crippen molar-refractivity contribution in [3.63, 3.8) is 0 Å². The van der Waals surface area contributed by atoms with E-state index < -0.39 is 5.91 Å². The number of likely N-dealkylation sites (N-methyl/N-ethyl adjacent to an activating group) is 1. The highest BCUT2D eigenvalue weighted by Crippen LogP contribution is 2.34. The Labute approximate surface area is 174 Å². The van der Waals surface area contributed by atoms with Crippen molar-refractivity contribution in [2.75, 3.05) is 37.8 Å². The zero-order valence-electron chi connectivity index (χ0n) is 17.3. The molecule has 1 fully saturated rings. The van der Waals surface area contributed by atoms with Crippen molar-refractivity contribution in [1.82, 2.24) is 19.3 Å². The predicted octanol–water partition coefficient (Wildman–Crippen LogP) is 1.59. The van der Waals surface area contributed by atoms with Crippen LogP contribution in [-0.2, 0) is 11.3 Å². The zero-order valence-corrected chi connectivity index (χ0v) is 17.3. The third-order valence-electron chi connectivity index (χ3n) is 6.19. The average molecular weight is 407 g/mol. The smallest absolute Gasteiger partial charge is 0.248 e. The summed E-state index contributed by atoms with van der Waals surface area (Å²) in [6, 6.07) is 5.77. The minimum Gasteiger partial charge on any atom is -0.380 e. The first kappa shape index (κ1) is 18.8. The van der Waals surface area contributed by atoms with E-state index in [1.807, 2.05) is 34.8 Å². The van der Waals surface area contributed by atoms with Gasteiger partial charge in [-0.1, -0.05) is 0 Å². The fourth-order valence-electron chi connectivity index (χ4n) is 4.48. The molecule has 156 valence electrons. The fourth-order valence-corrected chi connectivity index (χ4v) is 4.48. The van der Waals surface area contributed by atoms with Crippen LogP contribution >= 0.6 is 0 Å². The Balaban J connectivity index is 1.44. The van der Waals surface area contributed by atoms with Crippen LogP contribution in [0.5, 0.6) is 0 Å². The summed E-state index contributed by atoms with van der Waals surface area (Å²) in [5, 5.41) is 4.11. The van der Waals surface area contributed by atoms with Gasteiger partial charge in [0.25, 0.3) is 0 Å². The monoisotopic (exact) mass is 407 g/mol. The lowest BCUT2D eigenvalue weighted by molar-refractivity contribution is 0.1000. The maximum Gasteiger partial charge on any atom is 0.248 e. The second kappa shape index (κ2) is 6.96. The van der Waals surface area contributed by atoms with Crippen molar-refractivity contribution in [2.45, 2.75) is 25.1 Å². The molecule has 2 atom stereocenters. The molecule has 4 heterocycles. The number of primary amides is 1. The quantitative estimate of drug-likeness (QED) is 0.702. The number of benzene rings is 1. The summed E-state index contributed by atoms with van der Waals surface area (Å²) in [6.45, 7) is 1.52. The van der Waals surface area contributed by atoms with Gasteiger partial charge < -0.3 is 14.9 Å². The molecule has 2 aliphatic heterocycles. The Hall–Kier alpha value is -3.17. The lowest BCUT2D eigenvalue weighted by atomic mass is 10.1. The molecule has 1 saturated heterocycles. The minimum atomic E-state index is -0.419. The van der Waals surface area contributed by atoms with Crippen LogP contribution in [0.3, 0.4) is 0 Å². The molecule has 2 aliphatic rings. The Kier molecular flexibility index (Phi) is 4.37. The van der Waals surface area contributed by atoms with Crippen LogP contribution in [0, 0.1) is 0 Å². The van der Waals surface area contributed by atoms with E-state index in [4.69, 9.17) is 15.5 Å². The molecular formula is C21H25N7O2. The van der Waals surface area contributed by atoms with Gasteiger partial charge >= 0.3 is 0 Å². The summed E-state index contributed by atoms with van der Waals surface area (Å²) < 4.78 is 7.56. The molecule has 2 N–H and O–H groups in total. The number of hydrazine groups is 1. The zero-order chi connectivity index (χ0) is 21.0. The van der Waals surface area contributed by atoms with Gasteiger partial charge in [0, 0.05) is 32.5 Å². The number of hydrogen-bond donors (Lipinski definition) is 1. The fraction of sp³-hybridized carbons (Fsp3) is 0.381. The number of carbonyl (C=O) groups is 1. The second-order valence-corrected chi connectivity index (χ2v) is 8.01. The number of ether oxygens (including phenoxy) is 1. The topological polar surface area (TPSA) is 92.2 Å². The van der Waals surface area contributed by atoms with Gasteiger partial charge in [0.1, 0.15) is 0 Å². The lowest BCUT2D eigenvalue weighted by Gasteiger charge is -2.27. The molecule has 3 aromatic rings. The third kappa shape index (κ3) is 2.98. The van der Waals surface area contributed by atoms with Crippen LogP contribution in [0.25, 0.3) is 5.65 Å². The van der Waals surface area contributed by atoms with E-state index in [0.29, 0.717) is 12.1 Å². The van der Waals surface area contributed by atoms with Crippen LogP contribution in [0.2, 0.25) is 0 Å². The van der Waals surface area contributed by atoms with Gasteiger partial charge in [-0.15, -0.1) is 0 Å². The van der Waals surface area contributed by atoms with Crippen LogP contribution in [0.4, 0.5) is 11.5 Å². The van der Waals surface area contributed by atoms with Gasteiger partial charge in [0.2, 0.25) is 5.91 Å². The van der Waals surface area contributed by atoms with E-state index in [1.165, 1.54) is 0 Å². The Morgan fingerprint density at radius 1 is 1.27 bits per heavy atom. The first-order valence-electron chi connectivity index (χ1n) is 9.96. The molecule has 0 bridgehead atoms. The van der Waals surface area contributed by atoms with Crippen molar-refractivity contribution in [2.24, 2.45) is 5.73 Å². The largest absolute Gasteiger partial charge is 0.380 e. The summed E-state index contributed by atoms with van der Waals surface area (Å²) >= 11 is 0. The Bertz CT molecular complexity index is 1130. The third-order valence-corrected chi connectivity index (χ3v) is 6.19. The molecule has 0 saturated carbocycles. The SMILES string of the molecule is CO[C@@H]1C[C@@H](c2cn3cc(N4Cc5cc(C(N)=O)ccc5N4C)ncc3n2)N(C)C1. The summed E-state index contributed by atoms with van der Waals surface area (Å²) in [7, 11) is 5.85. The highest BCUT2D eigenvalue weighted by Gasteiger charge is 2.32. The number of nitrogens with two attached hydrogens (primary N) is 1. The van der Waals surface area contributed by atoms with Gasteiger partial charge in [-0.25, -0.2) is 9.97 Å². The number of hydrogen-bond acceptors (Lipinski definition) is 7. The second-order valence-electron chi connectivity index (χ2n) is 8.01. The summed E-state index contributed by atoms with van der Waals surface area (Å²) in [5.41, 5.74) is 9.87. The Morgan fingerprint density at radius 3 is 2.83 bits per heavy atom. The van der Waals surface area contributed by atoms with E-state index in [0.717, 1.165) is 41.4 Å². The van der Waals surface area contributed by atoms with E-state index in [9.17, 15) is 4.79 Å². The number of anilines is 2. The molecular weight excluding hydrogens is 382 g/mol. The molecule has 30 heavy (non-hydrogen) atoms. The summed E-state index contributed by atoms with van der Waals surface area (Å²) in [5.74, 6) is 0.386. The normalized spacial score (nSPS) is 21.6. The number of rotatable bonds is 4. The number of carbonyl (C=O) groups excluding carboxylic acids is 1. The maximum absolute atomic E-state index is 11.5. The van der Waals surface area contributed by atoms with Crippen LogP contribution in [-0.4, -0.2) is 59.0 Å². The highest BCUT2D eigenvalue weighted by atomic mass is 16.5. The molecule has 9 nitrogen and oxygen atoms in total. The molecule has 1 amide bonds. The number of nitrogens with zero attached hydrogens (tertiary/aromatic N) is 6. The number of amides is 1. The van der Waals surface area contributed by atoms with Gasteiger partial charge in [-0.05, 0) is 37.2 Å². The maximum atomic E-state index is 11.5. The lowest BCUT2D eigenvalue weighted by Crippen LogP contribution is -2.34. The van der Waals surface area contributed by atoms with Gasteiger partial charge in [0.15, 0.2) is 11.5 Å². The molecule has 9 heteroatoms. The standard InChI is InChI=1S/C21H25N7O2/c1-25-10-15(30-3)7-18(25)16-11-27-12-20(23-8-19(27)24-16)28-9-14-6-13(21(22)29)4-5-17(14)26(28)2/h4-6,8,11-12,15,18H,7,9-10H2,1-3H3,(H2,22,29)/t15-,18+/m1/s1. The van der Waals surface area contributed by atoms with Crippen molar-refractivity contribution in [1.29, 1.82) is 0 Å². The van der Waals surface area contributed by atoms with E-state index in [1.54, 1.807) is 19.4 Å². The minimum absolute atomic E-state index is 0.237. The van der Waals surface area contributed by atoms with Crippen molar-refractivity contribution < 1.29 is 9.53 Å². The predicted molar refractivity (Wildman–Crippen MR) is 113 cm³/mol. The van der Waals surface area contributed by atoms with Crippen LogP contribution in [0.15, 0.2) is 36.8 Å². The van der Waals surface area contributed by atoms with Crippen molar-refractivity contribution in [3.05, 3.63) is 53.6 Å². The van der Waals surface area contributed by atoms with Gasteiger partial charge in [0.05, 0.1) is 42.5 Å². The molecule has 5 rings (SSSR count). The van der Waals surface area contributed by atoms with Crippen molar-refractivity contribution >= 4 is 23.1 Å². The number of likely N-dealkylation sites (tertiary alicyclic amines) is 1. The molecule has 0 spiro atoms. The first-order valence-corrected chi connectivity index (χ1v) is 9.96. The molecule has 2 aromatic heterocycles. The number of aromatic nitrogens is 3. The summed E-state index contributed by atoms with van der Waals surface area (Å²) in [4.78, 5) is 23.2. The van der Waals surface area contributed by atoms with E-state index in [-0.39, 0.29) is 12.1 Å². The summed E-state index contributed by atoms with van der Waals surface area (Å²) in [6.07, 6.45) is 7.04. The first-order chi connectivity index (χ1) is 14.4. The number of methoxy groups -OCH3 is 1. The molecule has 0 aliphatic carbocycles.